The quantitative estimate of drug-likeness (QED) is 0.814. The van der Waals surface area contributed by atoms with E-state index < -0.39 is 21.7 Å². The molecule has 0 radical (unpaired) electrons. The van der Waals surface area contributed by atoms with Gasteiger partial charge in [-0.2, -0.15) is 0 Å². The molecule has 11 heteroatoms. The Bertz CT molecular complexity index is 750. The van der Waals surface area contributed by atoms with Gasteiger partial charge in [0, 0.05) is 6.42 Å². The van der Waals surface area contributed by atoms with Crippen LogP contribution < -0.4 is 4.72 Å². The highest BCUT2D eigenvalue weighted by Gasteiger charge is 2.26. The summed E-state index contributed by atoms with van der Waals surface area (Å²) in [6.07, 6.45) is 0.695. The molecule has 0 spiro atoms. The number of aromatic carboxylic acids is 1. The van der Waals surface area contributed by atoms with Gasteiger partial charge >= 0.3 is 5.97 Å². The fourth-order valence-corrected chi connectivity index (χ4v) is 4.78. The third-order valence-corrected chi connectivity index (χ3v) is 5.95. The summed E-state index contributed by atoms with van der Waals surface area (Å²) in [5, 5.41) is 17.4. The number of hydrogen-bond acceptors (Lipinski definition) is 8. The Hall–Kier alpha value is -1.59. The molecular weight excluding hydrogens is 336 g/mol. The Labute approximate surface area is 128 Å². The van der Waals surface area contributed by atoms with Crippen molar-refractivity contribution in [3.05, 3.63) is 16.2 Å². The maximum Gasteiger partial charge on any atom is 0.356 e. The van der Waals surface area contributed by atoms with Crippen molar-refractivity contribution in [3.8, 4) is 0 Å². The van der Waals surface area contributed by atoms with Crippen molar-refractivity contribution in [1.82, 2.24) is 15.2 Å². The summed E-state index contributed by atoms with van der Waals surface area (Å²) in [7, 11) is -4.03. The van der Waals surface area contributed by atoms with Crippen LogP contribution in [0.15, 0.2) is 9.72 Å². The van der Waals surface area contributed by atoms with Gasteiger partial charge in [0.15, 0.2) is 9.90 Å². The molecule has 0 unspecified atom stereocenters. The second-order valence-corrected chi connectivity index (χ2v) is 8.29. The molecular formula is C10H12N4O4S3. The fourth-order valence-electron chi connectivity index (χ4n) is 1.46. The smallest absolute Gasteiger partial charge is 0.356 e. The van der Waals surface area contributed by atoms with Crippen molar-refractivity contribution in [2.75, 3.05) is 4.72 Å². The van der Waals surface area contributed by atoms with Gasteiger partial charge in [0.05, 0.1) is 5.51 Å². The molecule has 2 heterocycles. The van der Waals surface area contributed by atoms with Gasteiger partial charge < -0.3 is 5.11 Å². The maximum atomic E-state index is 12.2. The molecule has 0 fully saturated rings. The number of aromatic nitrogens is 3. The molecule has 0 atom stereocenters. The lowest BCUT2D eigenvalue weighted by molar-refractivity contribution is 0.0687. The van der Waals surface area contributed by atoms with Gasteiger partial charge in [-0.05, 0) is 5.92 Å². The molecule has 2 aromatic rings. The van der Waals surface area contributed by atoms with Crippen molar-refractivity contribution in [1.29, 1.82) is 0 Å². The van der Waals surface area contributed by atoms with Crippen molar-refractivity contribution < 1.29 is 18.3 Å². The van der Waals surface area contributed by atoms with E-state index in [9.17, 15) is 13.2 Å². The lowest BCUT2D eigenvalue weighted by Gasteiger charge is -2.02. The molecule has 0 saturated carbocycles. The molecule has 2 aromatic heterocycles. The molecule has 2 rings (SSSR count). The Morgan fingerprint density at radius 2 is 2.14 bits per heavy atom. The lowest BCUT2D eigenvalue weighted by Crippen LogP contribution is -2.15. The number of rotatable bonds is 6. The normalized spacial score (nSPS) is 11.8. The Balaban J connectivity index is 2.23. The zero-order valence-corrected chi connectivity index (χ0v) is 13.5. The highest BCUT2D eigenvalue weighted by Crippen LogP contribution is 2.25. The lowest BCUT2D eigenvalue weighted by atomic mass is 10.1. The first-order chi connectivity index (χ1) is 9.79. The van der Waals surface area contributed by atoms with Gasteiger partial charge in [-0.15, -0.1) is 21.5 Å². The predicted molar refractivity (Wildman–Crippen MR) is 78.3 cm³/mol. The topological polar surface area (TPSA) is 122 Å². The molecule has 0 bridgehead atoms. The van der Waals surface area contributed by atoms with Crippen LogP contribution in [0.4, 0.5) is 5.13 Å². The minimum Gasteiger partial charge on any atom is -0.476 e. The Kier molecular flexibility index (Phi) is 4.54. The van der Waals surface area contributed by atoms with E-state index in [1.807, 2.05) is 13.8 Å². The Morgan fingerprint density at radius 3 is 2.76 bits per heavy atom. The number of sulfonamides is 1. The first-order valence-electron chi connectivity index (χ1n) is 5.81. The largest absolute Gasteiger partial charge is 0.476 e. The highest BCUT2D eigenvalue weighted by molar-refractivity contribution is 7.94. The molecule has 0 aliphatic rings. The SMILES string of the molecule is CC(C)Cc1nnc(NS(=O)(=O)c2scnc2C(=O)O)s1. The summed E-state index contributed by atoms with van der Waals surface area (Å²) in [4.78, 5) is 14.5. The highest BCUT2D eigenvalue weighted by atomic mass is 32.2. The number of anilines is 1. The monoisotopic (exact) mass is 348 g/mol. The number of carboxylic acids is 1. The number of carboxylic acid groups (broad SMARTS) is 1. The van der Waals surface area contributed by atoms with Gasteiger partial charge in [0.2, 0.25) is 5.13 Å². The molecule has 8 nitrogen and oxygen atoms in total. The molecule has 21 heavy (non-hydrogen) atoms. The summed E-state index contributed by atoms with van der Waals surface area (Å²) >= 11 is 1.86. The van der Waals surface area contributed by atoms with Crippen LogP contribution in [0.1, 0.15) is 29.3 Å². The van der Waals surface area contributed by atoms with Crippen LogP contribution in [0.3, 0.4) is 0 Å². The van der Waals surface area contributed by atoms with E-state index in [0.717, 1.165) is 22.7 Å². The fraction of sp³-hybridized carbons (Fsp3) is 0.400. The molecule has 0 aromatic carbocycles. The van der Waals surface area contributed by atoms with Gasteiger partial charge in [-0.3, -0.25) is 4.72 Å². The molecule has 0 aliphatic heterocycles. The van der Waals surface area contributed by atoms with E-state index in [-0.39, 0.29) is 9.34 Å². The summed E-state index contributed by atoms with van der Waals surface area (Å²) in [5.74, 6) is -1.02. The zero-order valence-electron chi connectivity index (χ0n) is 11.1. The summed E-state index contributed by atoms with van der Waals surface area (Å²) in [5.41, 5.74) is 0.668. The van der Waals surface area contributed by atoms with Gasteiger partial charge in [-0.25, -0.2) is 18.2 Å². The van der Waals surface area contributed by atoms with Gasteiger partial charge in [-0.1, -0.05) is 25.2 Å². The van der Waals surface area contributed by atoms with Crippen LogP contribution in [0.25, 0.3) is 0 Å². The first kappa shape index (κ1) is 15.8. The number of nitrogens with zero attached hydrogens (tertiary/aromatic N) is 3. The summed E-state index contributed by atoms with van der Waals surface area (Å²) < 4.78 is 26.2. The Morgan fingerprint density at radius 1 is 1.43 bits per heavy atom. The first-order valence-corrected chi connectivity index (χ1v) is 8.99. The summed E-state index contributed by atoms with van der Waals surface area (Å²) in [6.45, 7) is 4.03. The van der Waals surface area contributed by atoms with Crippen LogP contribution >= 0.6 is 22.7 Å². The number of hydrogen-bond donors (Lipinski definition) is 2. The maximum absolute atomic E-state index is 12.2. The number of thiazole rings is 1. The predicted octanol–water partition coefficient (Wildman–Crippen LogP) is 1.69. The molecule has 0 aliphatic carbocycles. The van der Waals surface area contributed by atoms with Gasteiger partial charge in [0.1, 0.15) is 5.01 Å². The average molecular weight is 348 g/mol. The average Bonchev–Trinajstić information content (AvgIpc) is 2.96. The van der Waals surface area contributed by atoms with E-state index >= 15 is 0 Å². The van der Waals surface area contributed by atoms with E-state index in [1.54, 1.807) is 0 Å². The zero-order chi connectivity index (χ0) is 15.6. The third kappa shape index (κ3) is 3.74. The second-order valence-electron chi connectivity index (χ2n) is 4.50. The minimum absolute atomic E-state index is 0.107. The van der Waals surface area contributed by atoms with Crippen LogP contribution in [-0.2, 0) is 16.4 Å². The van der Waals surface area contributed by atoms with Crippen LogP contribution in [0, 0.1) is 5.92 Å². The standard InChI is InChI=1S/C10H12N4O4S3/c1-5(2)3-6-12-13-10(20-6)14-21(17,18)9-7(8(15)16)11-4-19-9/h4-5H,3H2,1-2H3,(H,13,14)(H,15,16). The van der Waals surface area contributed by atoms with Crippen molar-refractivity contribution in [2.24, 2.45) is 5.92 Å². The van der Waals surface area contributed by atoms with Crippen molar-refractivity contribution in [3.63, 3.8) is 0 Å². The number of nitrogens with one attached hydrogen (secondary N) is 1. The van der Waals surface area contributed by atoms with Crippen LogP contribution in [0.2, 0.25) is 0 Å². The molecule has 0 amide bonds. The van der Waals surface area contributed by atoms with Crippen molar-refractivity contribution >= 4 is 43.8 Å². The van der Waals surface area contributed by atoms with Crippen LogP contribution in [0.5, 0.6) is 0 Å². The van der Waals surface area contributed by atoms with E-state index in [1.165, 1.54) is 5.51 Å². The molecule has 2 N–H and O–H groups in total. The number of carbonyl (C=O) groups is 1. The molecule has 0 saturated heterocycles. The summed E-state index contributed by atoms with van der Waals surface area (Å²) in [6, 6.07) is 0. The van der Waals surface area contributed by atoms with Crippen LogP contribution in [-0.4, -0.2) is 34.7 Å². The second kappa shape index (κ2) is 6.03. The van der Waals surface area contributed by atoms with E-state index in [4.69, 9.17) is 5.11 Å². The van der Waals surface area contributed by atoms with E-state index in [2.05, 4.69) is 19.9 Å². The van der Waals surface area contributed by atoms with E-state index in [0.29, 0.717) is 17.3 Å². The minimum atomic E-state index is -4.03. The van der Waals surface area contributed by atoms with Gasteiger partial charge in [0.25, 0.3) is 10.0 Å². The third-order valence-electron chi connectivity index (χ3n) is 2.25. The molecule has 114 valence electrons. The van der Waals surface area contributed by atoms with Crippen molar-refractivity contribution in [2.45, 2.75) is 24.5 Å².